The largest absolute Gasteiger partial charge is 0.573 e. The van der Waals surface area contributed by atoms with Crippen molar-refractivity contribution >= 4 is 0 Å². The number of benzene rings is 1. The summed E-state index contributed by atoms with van der Waals surface area (Å²) in [6.45, 7) is 8.61. The number of aromatic nitrogens is 1. The fourth-order valence-corrected chi connectivity index (χ4v) is 2.76. The topological polar surface area (TPSA) is 34.6 Å². The lowest BCUT2D eigenvalue weighted by Gasteiger charge is -2.47. The number of likely N-dealkylation sites (tertiary alicyclic amines) is 1. The molecule has 0 amide bonds. The van der Waals surface area contributed by atoms with Gasteiger partial charge in [-0.3, -0.25) is 4.90 Å². The Balaban J connectivity index is 1.56. The molecule has 0 N–H and O–H groups in total. The first-order valence-electron chi connectivity index (χ1n) is 8.35. The molecule has 0 unspecified atom stereocenters. The Morgan fingerprint density at radius 3 is 2.08 bits per heavy atom. The Labute approximate surface area is 150 Å². The number of hydrogen-bond acceptors (Lipinski definition) is 4. The molecule has 0 radical (unpaired) electrons. The molecule has 0 saturated carbocycles. The summed E-state index contributed by atoms with van der Waals surface area (Å²) in [5, 5.41) is 0. The van der Waals surface area contributed by atoms with E-state index in [2.05, 4.69) is 35.4 Å². The van der Waals surface area contributed by atoms with Gasteiger partial charge in [0.15, 0.2) is 0 Å². The molecule has 0 spiro atoms. The molecule has 1 aromatic carbocycles. The number of halogens is 3. The minimum absolute atomic E-state index is 0.176. The van der Waals surface area contributed by atoms with E-state index in [-0.39, 0.29) is 11.3 Å². The highest BCUT2D eigenvalue weighted by Gasteiger charge is 2.35. The molecular formula is C19H21F3N2O2. The molecule has 2 aromatic rings. The van der Waals surface area contributed by atoms with Crippen molar-refractivity contribution in [1.29, 1.82) is 0 Å². The highest BCUT2D eigenvalue weighted by molar-refractivity contribution is 5.34. The van der Waals surface area contributed by atoms with Gasteiger partial charge in [-0.1, -0.05) is 6.07 Å². The molecule has 26 heavy (non-hydrogen) atoms. The summed E-state index contributed by atoms with van der Waals surface area (Å²) >= 11 is 0. The fourth-order valence-electron chi connectivity index (χ4n) is 2.76. The predicted molar refractivity (Wildman–Crippen MR) is 91.5 cm³/mol. The van der Waals surface area contributed by atoms with Gasteiger partial charge in [0.05, 0.1) is 0 Å². The molecule has 1 aliphatic heterocycles. The van der Waals surface area contributed by atoms with E-state index in [9.17, 15) is 13.2 Å². The Hall–Kier alpha value is -2.28. The van der Waals surface area contributed by atoms with Gasteiger partial charge >= 0.3 is 6.36 Å². The summed E-state index contributed by atoms with van der Waals surface area (Å²) in [5.41, 5.74) is 1.33. The van der Waals surface area contributed by atoms with Crippen LogP contribution < -0.4 is 9.47 Å². The maximum absolute atomic E-state index is 12.1. The normalized spacial score (nSPS) is 16.2. The average molecular weight is 366 g/mol. The van der Waals surface area contributed by atoms with Crippen molar-refractivity contribution in [3.63, 3.8) is 0 Å². The molecule has 0 atom stereocenters. The molecule has 0 aliphatic carbocycles. The van der Waals surface area contributed by atoms with Crippen molar-refractivity contribution in [2.75, 3.05) is 13.1 Å². The van der Waals surface area contributed by atoms with Crippen molar-refractivity contribution in [3.05, 3.63) is 48.2 Å². The Kier molecular flexibility index (Phi) is 4.84. The fraction of sp³-hybridized carbons (Fsp3) is 0.421. The first-order valence-corrected chi connectivity index (χ1v) is 8.35. The van der Waals surface area contributed by atoms with Crippen LogP contribution in [0.4, 0.5) is 13.2 Å². The standard InChI is InChI=1S/C19H21F3N2O2/c1-18(2,3)24-11-14(12-24)13-4-9-17(23-10-13)25-15-5-7-16(8-6-15)26-19(20,21)22/h4-10,14H,11-12H2,1-3H3. The molecule has 140 valence electrons. The molecule has 0 bridgehead atoms. The Morgan fingerprint density at radius 1 is 0.962 bits per heavy atom. The Morgan fingerprint density at radius 2 is 1.58 bits per heavy atom. The second-order valence-electron chi connectivity index (χ2n) is 7.32. The zero-order chi connectivity index (χ0) is 18.9. The number of rotatable bonds is 4. The lowest BCUT2D eigenvalue weighted by molar-refractivity contribution is -0.274. The van der Waals surface area contributed by atoms with Crippen LogP contribution in [0.2, 0.25) is 0 Å². The summed E-state index contributed by atoms with van der Waals surface area (Å²) in [7, 11) is 0. The van der Waals surface area contributed by atoms with E-state index in [1.807, 2.05) is 6.07 Å². The van der Waals surface area contributed by atoms with E-state index in [0.29, 0.717) is 17.5 Å². The van der Waals surface area contributed by atoms with Gasteiger partial charge in [0.2, 0.25) is 5.88 Å². The lowest BCUT2D eigenvalue weighted by Crippen LogP contribution is -2.54. The molecule has 1 fully saturated rings. The molecule has 3 rings (SSSR count). The van der Waals surface area contributed by atoms with Crippen LogP contribution in [-0.4, -0.2) is 34.9 Å². The van der Waals surface area contributed by atoms with E-state index in [4.69, 9.17) is 4.74 Å². The summed E-state index contributed by atoms with van der Waals surface area (Å²) < 4.78 is 45.8. The zero-order valence-electron chi connectivity index (χ0n) is 14.9. The van der Waals surface area contributed by atoms with Gasteiger partial charge in [0.25, 0.3) is 0 Å². The van der Waals surface area contributed by atoms with Gasteiger partial charge in [0, 0.05) is 36.8 Å². The van der Waals surface area contributed by atoms with Crippen LogP contribution in [0.5, 0.6) is 17.4 Å². The van der Waals surface area contributed by atoms with Gasteiger partial charge in [0.1, 0.15) is 11.5 Å². The summed E-state index contributed by atoms with van der Waals surface area (Å²) in [6.07, 6.45) is -2.91. The molecule has 7 heteroatoms. The van der Waals surface area contributed by atoms with Gasteiger partial charge in [-0.25, -0.2) is 4.98 Å². The lowest BCUT2D eigenvalue weighted by atomic mass is 9.88. The van der Waals surface area contributed by atoms with Crippen molar-refractivity contribution in [3.8, 4) is 17.4 Å². The van der Waals surface area contributed by atoms with Crippen LogP contribution in [0.25, 0.3) is 0 Å². The highest BCUT2D eigenvalue weighted by atomic mass is 19.4. The van der Waals surface area contributed by atoms with Gasteiger partial charge in [-0.2, -0.15) is 0 Å². The smallest absolute Gasteiger partial charge is 0.439 e. The maximum atomic E-state index is 12.1. The Bertz CT molecular complexity index is 731. The van der Waals surface area contributed by atoms with Crippen LogP contribution in [0.15, 0.2) is 42.6 Å². The average Bonchev–Trinajstić information content (AvgIpc) is 2.46. The summed E-state index contributed by atoms with van der Waals surface area (Å²) in [4.78, 5) is 6.70. The van der Waals surface area contributed by atoms with Crippen molar-refractivity contribution in [2.45, 2.75) is 38.6 Å². The second kappa shape index (κ2) is 6.79. The first kappa shape index (κ1) is 18.5. The van der Waals surface area contributed by atoms with E-state index in [1.54, 1.807) is 12.3 Å². The number of nitrogens with zero attached hydrogens (tertiary/aromatic N) is 2. The zero-order valence-corrected chi connectivity index (χ0v) is 14.9. The second-order valence-corrected chi connectivity index (χ2v) is 7.32. The van der Waals surface area contributed by atoms with Crippen molar-refractivity contribution in [1.82, 2.24) is 9.88 Å². The first-order chi connectivity index (χ1) is 12.1. The predicted octanol–water partition coefficient (Wildman–Crippen LogP) is 4.97. The molecule has 2 heterocycles. The van der Waals surface area contributed by atoms with Gasteiger partial charge < -0.3 is 9.47 Å². The van der Waals surface area contributed by atoms with E-state index in [1.165, 1.54) is 24.3 Å². The molecule has 1 aromatic heterocycles. The number of pyridine rings is 1. The van der Waals surface area contributed by atoms with Crippen LogP contribution in [0.1, 0.15) is 32.3 Å². The van der Waals surface area contributed by atoms with Gasteiger partial charge in [-0.05, 0) is 50.6 Å². The third kappa shape index (κ3) is 4.66. The number of hydrogen-bond donors (Lipinski definition) is 0. The van der Waals surface area contributed by atoms with E-state index in [0.717, 1.165) is 18.7 Å². The van der Waals surface area contributed by atoms with E-state index >= 15 is 0 Å². The maximum Gasteiger partial charge on any atom is 0.573 e. The molecular weight excluding hydrogens is 345 g/mol. The molecule has 4 nitrogen and oxygen atoms in total. The highest BCUT2D eigenvalue weighted by Crippen LogP contribution is 2.33. The van der Waals surface area contributed by atoms with Crippen LogP contribution in [0.3, 0.4) is 0 Å². The molecule has 1 aliphatic rings. The summed E-state index contributed by atoms with van der Waals surface area (Å²) in [5.74, 6) is 0.962. The van der Waals surface area contributed by atoms with Crippen LogP contribution in [0, 0.1) is 0 Å². The van der Waals surface area contributed by atoms with Crippen molar-refractivity contribution < 1.29 is 22.6 Å². The minimum Gasteiger partial charge on any atom is -0.439 e. The molecule has 1 saturated heterocycles. The number of ether oxygens (including phenoxy) is 2. The van der Waals surface area contributed by atoms with Crippen LogP contribution in [-0.2, 0) is 0 Å². The minimum atomic E-state index is -4.70. The third-order valence-electron chi connectivity index (χ3n) is 4.34. The number of alkyl halides is 3. The monoisotopic (exact) mass is 366 g/mol. The summed E-state index contributed by atoms with van der Waals surface area (Å²) in [6, 6.07) is 8.97. The third-order valence-corrected chi connectivity index (χ3v) is 4.34. The van der Waals surface area contributed by atoms with Crippen LogP contribution >= 0.6 is 0 Å². The quantitative estimate of drug-likeness (QED) is 0.765. The SMILES string of the molecule is CC(C)(C)N1CC(c2ccc(Oc3ccc(OC(F)(F)F)cc3)nc2)C1. The van der Waals surface area contributed by atoms with E-state index < -0.39 is 6.36 Å². The van der Waals surface area contributed by atoms with Crippen molar-refractivity contribution in [2.24, 2.45) is 0 Å². The van der Waals surface area contributed by atoms with Gasteiger partial charge in [-0.15, -0.1) is 13.2 Å².